The lowest BCUT2D eigenvalue weighted by atomic mass is 9.65. The van der Waals surface area contributed by atoms with Crippen molar-refractivity contribution in [1.82, 2.24) is 0 Å². The lowest BCUT2D eigenvalue weighted by Gasteiger charge is -2.36. The van der Waals surface area contributed by atoms with Crippen LogP contribution in [-0.2, 0) is 9.53 Å². The number of hydrogen-bond donors (Lipinski definition) is 0. The molecule has 0 aromatic heterocycles. The summed E-state index contributed by atoms with van der Waals surface area (Å²) in [6.45, 7) is 0. The summed E-state index contributed by atoms with van der Waals surface area (Å²) in [6.07, 6.45) is 4.10. The Labute approximate surface area is 59.6 Å². The number of ether oxygens (including phenoxy) is 1. The molecule has 0 bridgehead atoms. The molecule has 4 atom stereocenters. The molecule has 4 unspecified atom stereocenters. The van der Waals surface area contributed by atoms with Crippen molar-refractivity contribution in [2.75, 3.05) is 0 Å². The summed E-state index contributed by atoms with van der Waals surface area (Å²) in [7, 11) is 0. The fourth-order valence-electron chi connectivity index (χ4n) is 2.43. The molecular formula is C8H10O2. The highest BCUT2D eigenvalue weighted by atomic mass is 16.6. The average Bonchev–Trinajstić information content (AvgIpc) is 2.63. The Morgan fingerprint density at radius 1 is 1.40 bits per heavy atom. The highest BCUT2D eigenvalue weighted by molar-refractivity contribution is 5.88. The minimum absolute atomic E-state index is 0.406. The van der Waals surface area contributed by atoms with Crippen molar-refractivity contribution in [2.45, 2.75) is 31.5 Å². The van der Waals surface area contributed by atoms with Gasteiger partial charge >= 0.3 is 0 Å². The van der Waals surface area contributed by atoms with Crippen LogP contribution in [0.15, 0.2) is 0 Å². The van der Waals surface area contributed by atoms with Gasteiger partial charge in [0, 0.05) is 18.3 Å². The van der Waals surface area contributed by atoms with Crippen molar-refractivity contribution in [3.05, 3.63) is 0 Å². The van der Waals surface area contributed by atoms with Crippen molar-refractivity contribution < 1.29 is 9.53 Å². The van der Waals surface area contributed by atoms with Crippen LogP contribution >= 0.6 is 0 Å². The second kappa shape index (κ2) is 1.45. The number of carbonyl (C=O) groups is 1. The molecule has 10 heavy (non-hydrogen) atoms. The van der Waals surface area contributed by atoms with Crippen LogP contribution < -0.4 is 0 Å². The first-order valence-corrected chi connectivity index (χ1v) is 4.04. The molecule has 0 N–H and O–H groups in total. The van der Waals surface area contributed by atoms with E-state index >= 15 is 0 Å². The molecule has 3 aliphatic rings. The van der Waals surface area contributed by atoms with Gasteiger partial charge in [0.25, 0.3) is 0 Å². The molecule has 3 fully saturated rings. The minimum atomic E-state index is 0.406. The van der Waals surface area contributed by atoms with E-state index in [0.717, 1.165) is 19.3 Å². The zero-order valence-corrected chi connectivity index (χ0v) is 5.75. The number of epoxide rings is 1. The maximum absolute atomic E-state index is 11.0. The maximum atomic E-state index is 11.0. The molecular weight excluding hydrogens is 128 g/mol. The van der Waals surface area contributed by atoms with E-state index in [4.69, 9.17) is 4.74 Å². The van der Waals surface area contributed by atoms with Crippen molar-refractivity contribution in [3.63, 3.8) is 0 Å². The Morgan fingerprint density at radius 2 is 2.30 bits per heavy atom. The number of Topliss-reactive ketones (excluding diaryl/α,β-unsaturated/α-hetero) is 1. The zero-order chi connectivity index (χ0) is 6.72. The standard InChI is InChI=1S/C8H10O2/c9-6-3-5-4(6)1-2-7-8(5)10-7/h4-5,7-8H,1-3H2. The molecule has 2 heteroatoms. The summed E-state index contributed by atoms with van der Waals surface area (Å²) in [4.78, 5) is 11.0. The second-order valence-corrected chi connectivity index (χ2v) is 3.66. The van der Waals surface area contributed by atoms with Gasteiger partial charge in [-0.05, 0) is 12.8 Å². The average molecular weight is 138 g/mol. The van der Waals surface area contributed by atoms with Gasteiger partial charge in [0.05, 0.1) is 12.2 Å². The Balaban J connectivity index is 1.84. The minimum Gasteiger partial charge on any atom is -0.369 e. The van der Waals surface area contributed by atoms with Crippen LogP contribution in [-0.4, -0.2) is 18.0 Å². The predicted octanol–water partition coefficient (Wildman–Crippen LogP) is 0.753. The second-order valence-electron chi connectivity index (χ2n) is 3.66. The number of carbonyl (C=O) groups excluding carboxylic acids is 1. The topological polar surface area (TPSA) is 29.6 Å². The van der Waals surface area contributed by atoms with Gasteiger partial charge in [0.1, 0.15) is 5.78 Å². The molecule has 1 heterocycles. The number of hydrogen-bond acceptors (Lipinski definition) is 2. The highest BCUT2D eigenvalue weighted by Crippen LogP contribution is 2.51. The SMILES string of the molecule is O=C1CC2C1CCC1OC12. The lowest BCUT2D eigenvalue weighted by molar-refractivity contribution is -0.135. The molecule has 2 aliphatic carbocycles. The van der Waals surface area contributed by atoms with Crippen molar-refractivity contribution in [2.24, 2.45) is 11.8 Å². The third kappa shape index (κ3) is 0.473. The van der Waals surface area contributed by atoms with Crippen LogP contribution in [0.3, 0.4) is 0 Å². The first-order chi connectivity index (χ1) is 4.86. The Hall–Kier alpha value is -0.370. The molecule has 0 spiro atoms. The molecule has 0 aromatic carbocycles. The van der Waals surface area contributed by atoms with Crippen LogP contribution in [0.4, 0.5) is 0 Å². The van der Waals surface area contributed by atoms with Crippen LogP contribution in [0.25, 0.3) is 0 Å². The quantitative estimate of drug-likeness (QED) is 0.462. The largest absolute Gasteiger partial charge is 0.369 e. The summed E-state index contributed by atoms with van der Waals surface area (Å²) in [5.41, 5.74) is 0. The predicted molar refractivity (Wildman–Crippen MR) is 34.5 cm³/mol. The maximum Gasteiger partial charge on any atom is 0.136 e. The smallest absolute Gasteiger partial charge is 0.136 e. The number of fused-ring (bicyclic) bond motifs is 3. The van der Waals surface area contributed by atoms with Gasteiger partial charge in [-0.1, -0.05) is 0 Å². The van der Waals surface area contributed by atoms with Gasteiger partial charge in [-0.15, -0.1) is 0 Å². The summed E-state index contributed by atoms with van der Waals surface area (Å²) in [5.74, 6) is 1.52. The first-order valence-electron chi connectivity index (χ1n) is 4.04. The monoisotopic (exact) mass is 138 g/mol. The van der Waals surface area contributed by atoms with Gasteiger partial charge in [-0.3, -0.25) is 4.79 Å². The Kier molecular flexibility index (Phi) is 0.768. The van der Waals surface area contributed by atoms with E-state index < -0.39 is 0 Å². The third-order valence-corrected chi connectivity index (χ3v) is 3.17. The van der Waals surface area contributed by atoms with E-state index in [0.29, 0.717) is 29.8 Å². The summed E-state index contributed by atoms with van der Waals surface area (Å²) in [6, 6.07) is 0. The van der Waals surface area contributed by atoms with E-state index in [1.807, 2.05) is 0 Å². The molecule has 2 nitrogen and oxygen atoms in total. The Bertz CT molecular complexity index is 199. The van der Waals surface area contributed by atoms with E-state index in [-0.39, 0.29) is 0 Å². The summed E-state index contributed by atoms with van der Waals surface area (Å²) >= 11 is 0. The normalized spacial score (nSPS) is 56.6. The third-order valence-electron chi connectivity index (χ3n) is 3.17. The molecule has 2 saturated carbocycles. The van der Waals surface area contributed by atoms with Gasteiger partial charge in [-0.2, -0.15) is 0 Å². The van der Waals surface area contributed by atoms with Gasteiger partial charge < -0.3 is 4.74 Å². The van der Waals surface area contributed by atoms with Crippen molar-refractivity contribution in [3.8, 4) is 0 Å². The van der Waals surface area contributed by atoms with E-state index in [2.05, 4.69) is 0 Å². The van der Waals surface area contributed by atoms with Crippen LogP contribution in [0, 0.1) is 11.8 Å². The molecule has 54 valence electrons. The molecule has 0 aromatic rings. The highest BCUT2D eigenvalue weighted by Gasteiger charge is 2.58. The number of rotatable bonds is 0. The van der Waals surface area contributed by atoms with E-state index in [9.17, 15) is 4.79 Å². The Morgan fingerprint density at radius 3 is 3.10 bits per heavy atom. The number of ketones is 1. The molecule has 1 aliphatic heterocycles. The van der Waals surface area contributed by atoms with Gasteiger partial charge in [-0.25, -0.2) is 0 Å². The van der Waals surface area contributed by atoms with E-state index in [1.54, 1.807) is 0 Å². The van der Waals surface area contributed by atoms with Crippen molar-refractivity contribution >= 4 is 5.78 Å². The lowest BCUT2D eigenvalue weighted by Crippen LogP contribution is -2.43. The van der Waals surface area contributed by atoms with Crippen molar-refractivity contribution in [1.29, 1.82) is 0 Å². The summed E-state index contributed by atoms with van der Waals surface area (Å²) < 4.78 is 5.41. The first kappa shape index (κ1) is 5.30. The zero-order valence-electron chi connectivity index (χ0n) is 5.75. The van der Waals surface area contributed by atoms with Crippen LogP contribution in [0.2, 0.25) is 0 Å². The van der Waals surface area contributed by atoms with Crippen LogP contribution in [0.5, 0.6) is 0 Å². The summed E-state index contributed by atoms with van der Waals surface area (Å²) in [5, 5.41) is 0. The fraction of sp³-hybridized carbons (Fsp3) is 0.875. The van der Waals surface area contributed by atoms with Crippen LogP contribution in [0.1, 0.15) is 19.3 Å². The van der Waals surface area contributed by atoms with Gasteiger partial charge in [0.2, 0.25) is 0 Å². The molecule has 3 rings (SSSR count). The van der Waals surface area contributed by atoms with Gasteiger partial charge in [0.15, 0.2) is 0 Å². The fourth-order valence-corrected chi connectivity index (χ4v) is 2.43. The molecule has 1 saturated heterocycles. The van der Waals surface area contributed by atoms with E-state index in [1.165, 1.54) is 0 Å². The molecule has 0 amide bonds. The molecule has 0 radical (unpaired) electrons.